The highest BCUT2D eigenvalue weighted by molar-refractivity contribution is 6.32. The Balaban J connectivity index is 2.07. The molecule has 1 aromatic carbocycles. The number of halogens is 1. The summed E-state index contributed by atoms with van der Waals surface area (Å²) in [6.07, 6.45) is 5.46. The fourth-order valence-corrected chi connectivity index (χ4v) is 2.07. The molecule has 1 aromatic rings. The fraction of sp³-hybridized carbons (Fsp3) is 0.357. The van der Waals surface area contributed by atoms with Crippen molar-refractivity contribution >= 4 is 23.6 Å². The number of nitrogens with one attached hydrogen (secondary N) is 1. The van der Waals surface area contributed by atoms with Crippen LogP contribution in [0.25, 0.3) is 6.08 Å². The van der Waals surface area contributed by atoms with Gasteiger partial charge in [-0.2, -0.15) is 0 Å². The zero-order valence-corrected chi connectivity index (χ0v) is 11.0. The van der Waals surface area contributed by atoms with Gasteiger partial charge in [-0.3, -0.25) is 4.79 Å². The minimum atomic E-state index is 0.121. The summed E-state index contributed by atoms with van der Waals surface area (Å²) in [6.45, 7) is 2.51. The quantitative estimate of drug-likeness (QED) is 0.909. The molecule has 0 saturated carbocycles. The van der Waals surface area contributed by atoms with Crippen LogP contribution in [0.2, 0.25) is 5.02 Å². The van der Waals surface area contributed by atoms with Crippen molar-refractivity contribution < 1.29 is 9.53 Å². The van der Waals surface area contributed by atoms with Gasteiger partial charge in [0.05, 0.1) is 11.6 Å². The third-order valence-electron chi connectivity index (χ3n) is 2.80. The van der Waals surface area contributed by atoms with Gasteiger partial charge in [0.2, 0.25) is 5.91 Å². The summed E-state index contributed by atoms with van der Waals surface area (Å²) < 4.78 is 5.43. The number of ether oxygens (including phenoxy) is 1. The molecule has 1 saturated heterocycles. The van der Waals surface area contributed by atoms with Crippen molar-refractivity contribution in [1.29, 1.82) is 0 Å². The van der Waals surface area contributed by atoms with Crippen LogP contribution in [0.3, 0.4) is 0 Å². The van der Waals surface area contributed by atoms with Gasteiger partial charge in [0.15, 0.2) is 0 Å². The number of benzene rings is 1. The largest absolute Gasteiger partial charge is 0.492 e. The fourth-order valence-electron chi connectivity index (χ4n) is 1.90. The third kappa shape index (κ3) is 3.26. The van der Waals surface area contributed by atoms with E-state index in [4.69, 9.17) is 16.3 Å². The highest BCUT2D eigenvalue weighted by Gasteiger charge is 2.17. The van der Waals surface area contributed by atoms with E-state index < -0.39 is 0 Å². The molecule has 3 nitrogen and oxygen atoms in total. The maximum absolute atomic E-state index is 11.1. The van der Waals surface area contributed by atoms with Gasteiger partial charge in [-0.1, -0.05) is 29.8 Å². The second kappa shape index (κ2) is 5.91. The van der Waals surface area contributed by atoms with Crippen molar-refractivity contribution in [2.75, 3.05) is 6.61 Å². The third-order valence-corrected chi connectivity index (χ3v) is 3.12. The first-order chi connectivity index (χ1) is 8.69. The molecule has 0 radical (unpaired) electrons. The number of hydrogen-bond acceptors (Lipinski definition) is 2. The normalized spacial score (nSPS) is 19.2. The molecule has 0 bridgehead atoms. The average Bonchev–Trinajstić information content (AvgIpc) is 2.76. The highest BCUT2D eigenvalue weighted by atomic mass is 35.5. The Bertz CT molecular complexity index is 471. The molecular formula is C14H16ClNO2. The van der Waals surface area contributed by atoms with Gasteiger partial charge in [0, 0.05) is 12.5 Å². The molecule has 1 atom stereocenters. The van der Waals surface area contributed by atoms with E-state index in [1.54, 1.807) is 0 Å². The number of carbonyl (C=O) groups excluding carboxylic acids is 1. The van der Waals surface area contributed by atoms with Crippen LogP contribution in [0.1, 0.15) is 25.3 Å². The van der Waals surface area contributed by atoms with E-state index in [1.165, 1.54) is 0 Å². The summed E-state index contributed by atoms with van der Waals surface area (Å²) in [5.74, 6) is 0.813. The molecule has 1 N–H and O–H groups in total. The van der Waals surface area contributed by atoms with Crippen molar-refractivity contribution in [3.8, 4) is 5.75 Å². The Labute approximate surface area is 112 Å². The number of amides is 1. The predicted octanol–water partition coefficient (Wildman–Crippen LogP) is 3.03. The molecular weight excluding hydrogens is 250 g/mol. The summed E-state index contributed by atoms with van der Waals surface area (Å²) in [5, 5.41) is 3.51. The Morgan fingerprint density at radius 1 is 1.56 bits per heavy atom. The highest BCUT2D eigenvalue weighted by Crippen LogP contribution is 2.26. The summed E-state index contributed by atoms with van der Waals surface area (Å²) in [6, 6.07) is 5.79. The zero-order valence-electron chi connectivity index (χ0n) is 10.3. The van der Waals surface area contributed by atoms with Crippen LogP contribution in [0.15, 0.2) is 24.3 Å². The molecule has 4 heteroatoms. The van der Waals surface area contributed by atoms with Crippen LogP contribution in [0.4, 0.5) is 0 Å². The molecule has 1 amide bonds. The van der Waals surface area contributed by atoms with Crippen LogP contribution in [-0.2, 0) is 4.79 Å². The van der Waals surface area contributed by atoms with E-state index in [-0.39, 0.29) is 11.9 Å². The second-order valence-corrected chi connectivity index (χ2v) is 4.60. The van der Waals surface area contributed by atoms with E-state index in [2.05, 4.69) is 5.32 Å². The number of rotatable bonds is 4. The van der Waals surface area contributed by atoms with Gasteiger partial charge in [-0.25, -0.2) is 0 Å². The molecule has 96 valence electrons. The number of carbonyl (C=O) groups is 1. The molecule has 1 aliphatic rings. The minimum absolute atomic E-state index is 0.121. The lowest BCUT2D eigenvalue weighted by molar-refractivity contribution is -0.119. The lowest BCUT2D eigenvalue weighted by atomic mass is 10.1. The smallest absolute Gasteiger partial charge is 0.220 e. The van der Waals surface area contributed by atoms with E-state index in [0.29, 0.717) is 23.8 Å². The van der Waals surface area contributed by atoms with Crippen LogP contribution in [-0.4, -0.2) is 18.6 Å². The molecule has 1 aliphatic heterocycles. The topological polar surface area (TPSA) is 38.3 Å². The van der Waals surface area contributed by atoms with Gasteiger partial charge in [-0.05, 0) is 31.0 Å². The standard InChI is InChI=1S/C14H16ClNO2/c1-2-18-13-9-10(4-7-12(13)15)3-5-11-6-8-14(17)16-11/h3-5,7,9,11H,2,6,8H2,1H3,(H,16,17)/b5-3+/t11-/m0/s1. The molecule has 0 spiro atoms. The zero-order chi connectivity index (χ0) is 13.0. The molecule has 0 unspecified atom stereocenters. The minimum Gasteiger partial charge on any atom is -0.492 e. The molecule has 1 fully saturated rings. The van der Waals surface area contributed by atoms with Crippen LogP contribution in [0, 0.1) is 0 Å². The van der Waals surface area contributed by atoms with Gasteiger partial charge in [0.1, 0.15) is 5.75 Å². The number of hydrogen-bond donors (Lipinski definition) is 1. The van der Waals surface area contributed by atoms with Gasteiger partial charge >= 0.3 is 0 Å². The predicted molar refractivity (Wildman–Crippen MR) is 72.8 cm³/mol. The van der Waals surface area contributed by atoms with Crippen molar-refractivity contribution in [2.24, 2.45) is 0 Å². The van der Waals surface area contributed by atoms with Crippen molar-refractivity contribution in [2.45, 2.75) is 25.8 Å². The van der Waals surface area contributed by atoms with Crippen LogP contribution >= 0.6 is 11.6 Å². The monoisotopic (exact) mass is 265 g/mol. The Morgan fingerprint density at radius 2 is 2.39 bits per heavy atom. The Morgan fingerprint density at radius 3 is 3.06 bits per heavy atom. The van der Waals surface area contributed by atoms with Crippen LogP contribution < -0.4 is 10.1 Å². The van der Waals surface area contributed by atoms with E-state index in [0.717, 1.165) is 12.0 Å². The SMILES string of the molecule is CCOc1cc(/C=C/[C@H]2CCC(=O)N2)ccc1Cl. The maximum atomic E-state index is 11.1. The molecule has 0 aliphatic carbocycles. The molecule has 18 heavy (non-hydrogen) atoms. The first-order valence-corrected chi connectivity index (χ1v) is 6.46. The summed E-state index contributed by atoms with van der Waals surface area (Å²) >= 11 is 6.02. The van der Waals surface area contributed by atoms with Crippen molar-refractivity contribution in [1.82, 2.24) is 5.32 Å². The van der Waals surface area contributed by atoms with E-state index in [1.807, 2.05) is 37.3 Å². The van der Waals surface area contributed by atoms with E-state index in [9.17, 15) is 4.79 Å². The lowest BCUT2D eigenvalue weighted by Gasteiger charge is -2.07. The second-order valence-electron chi connectivity index (χ2n) is 4.19. The van der Waals surface area contributed by atoms with Gasteiger partial charge in [-0.15, -0.1) is 0 Å². The first kappa shape index (κ1) is 13.0. The molecule has 2 rings (SSSR count). The van der Waals surface area contributed by atoms with Crippen LogP contribution in [0.5, 0.6) is 5.75 Å². The van der Waals surface area contributed by atoms with Gasteiger partial charge < -0.3 is 10.1 Å². The average molecular weight is 266 g/mol. The van der Waals surface area contributed by atoms with Crippen molar-refractivity contribution in [3.63, 3.8) is 0 Å². The first-order valence-electron chi connectivity index (χ1n) is 6.09. The summed E-state index contributed by atoms with van der Waals surface area (Å²) in [7, 11) is 0. The Kier molecular flexibility index (Phi) is 4.26. The van der Waals surface area contributed by atoms with Gasteiger partial charge in [0.25, 0.3) is 0 Å². The lowest BCUT2D eigenvalue weighted by Crippen LogP contribution is -2.22. The molecule has 1 heterocycles. The Hall–Kier alpha value is -1.48. The summed E-state index contributed by atoms with van der Waals surface area (Å²) in [5.41, 5.74) is 1.02. The maximum Gasteiger partial charge on any atom is 0.220 e. The summed E-state index contributed by atoms with van der Waals surface area (Å²) in [4.78, 5) is 11.1. The van der Waals surface area contributed by atoms with E-state index >= 15 is 0 Å². The van der Waals surface area contributed by atoms with Crippen molar-refractivity contribution in [3.05, 3.63) is 34.9 Å². The molecule has 0 aromatic heterocycles.